The van der Waals surface area contributed by atoms with E-state index in [9.17, 15) is 4.79 Å². The van der Waals surface area contributed by atoms with Crippen LogP contribution in [-0.4, -0.2) is 27.0 Å². The molecule has 1 amide bonds. The fraction of sp³-hybridized carbons (Fsp3) is 0.462. The summed E-state index contributed by atoms with van der Waals surface area (Å²) >= 11 is 0. The molecule has 1 N–H and O–H groups in total. The lowest BCUT2D eigenvalue weighted by Gasteiger charge is -2.03. The molecule has 0 aliphatic heterocycles. The van der Waals surface area contributed by atoms with Gasteiger partial charge in [0.1, 0.15) is 5.82 Å². The van der Waals surface area contributed by atoms with E-state index in [4.69, 9.17) is 0 Å². The highest BCUT2D eigenvalue weighted by atomic mass is 16.1. The van der Waals surface area contributed by atoms with Crippen molar-refractivity contribution in [3.8, 4) is 0 Å². The summed E-state index contributed by atoms with van der Waals surface area (Å²) < 4.78 is 1.98. The largest absolute Gasteiger partial charge is 0.356 e. The fourth-order valence-corrected chi connectivity index (χ4v) is 1.85. The molecule has 2 rings (SSSR count). The topological polar surface area (TPSA) is 59.3 Å². The van der Waals surface area contributed by atoms with E-state index in [1.54, 1.807) is 0 Å². The molecule has 0 aliphatic carbocycles. The second kappa shape index (κ2) is 6.14. The van der Waals surface area contributed by atoms with E-state index in [-0.39, 0.29) is 5.91 Å². The molecule has 2 aromatic heterocycles. The molecule has 0 fully saturated rings. The number of aromatic nitrogens is 3. The molecule has 0 atom stereocenters. The molecule has 2 aromatic rings. The Labute approximate surface area is 106 Å². The van der Waals surface area contributed by atoms with Crippen molar-refractivity contribution in [2.24, 2.45) is 0 Å². The van der Waals surface area contributed by atoms with Crippen LogP contribution < -0.4 is 5.32 Å². The van der Waals surface area contributed by atoms with Gasteiger partial charge in [-0.1, -0.05) is 13.0 Å². The summed E-state index contributed by atoms with van der Waals surface area (Å²) in [6.45, 7) is 2.70. The highest BCUT2D eigenvalue weighted by Crippen LogP contribution is 2.04. The molecular formula is C13H18N4O. The summed E-state index contributed by atoms with van der Waals surface area (Å²) in [5, 5.41) is 11.1. The van der Waals surface area contributed by atoms with Crippen molar-refractivity contribution in [3.05, 3.63) is 30.2 Å². The molecule has 0 aromatic carbocycles. The Morgan fingerprint density at radius 2 is 2.28 bits per heavy atom. The molecule has 2 heterocycles. The Balaban J connectivity index is 1.82. The summed E-state index contributed by atoms with van der Waals surface area (Å²) in [6.07, 6.45) is 5.15. The Bertz CT molecular complexity index is 520. The minimum atomic E-state index is 0.128. The number of amides is 1. The zero-order valence-corrected chi connectivity index (χ0v) is 10.6. The summed E-state index contributed by atoms with van der Waals surface area (Å²) in [7, 11) is 0. The van der Waals surface area contributed by atoms with E-state index >= 15 is 0 Å². The monoisotopic (exact) mass is 246 g/mol. The third-order valence-corrected chi connectivity index (χ3v) is 2.76. The standard InChI is InChI=1S/C13H18N4O/c1-2-6-13(18)14-9-5-8-12-16-15-11-7-3-4-10-17(11)12/h3-4,7,10H,2,5-6,8-9H2,1H3,(H,14,18). The van der Waals surface area contributed by atoms with Gasteiger partial charge in [-0.05, 0) is 25.0 Å². The van der Waals surface area contributed by atoms with Crippen LogP contribution in [0.25, 0.3) is 5.65 Å². The van der Waals surface area contributed by atoms with Gasteiger partial charge in [0.25, 0.3) is 0 Å². The second-order valence-corrected chi connectivity index (χ2v) is 4.25. The maximum Gasteiger partial charge on any atom is 0.219 e. The van der Waals surface area contributed by atoms with Crippen LogP contribution in [0.4, 0.5) is 0 Å². The molecule has 0 unspecified atom stereocenters. The van der Waals surface area contributed by atoms with Crippen molar-refractivity contribution >= 4 is 11.6 Å². The van der Waals surface area contributed by atoms with Crippen molar-refractivity contribution in [3.63, 3.8) is 0 Å². The number of nitrogens with zero attached hydrogens (tertiary/aromatic N) is 3. The van der Waals surface area contributed by atoms with Gasteiger partial charge >= 0.3 is 0 Å². The number of aryl methyl sites for hydroxylation is 1. The number of pyridine rings is 1. The van der Waals surface area contributed by atoms with E-state index in [1.165, 1.54) is 0 Å². The number of hydrogen-bond donors (Lipinski definition) is 1. The number of carbonyl (C=O) groups excluding carboxylic acids is 1. The van der Waals surface area contributed by atoms with Crippen LogP contribution in [0.2, 0.25) is 0 Å². The number of carbonyl (C=O) groups is 1. The van der Waals surface area contributed by atoms with Crippen molar-refractivity contribution in [2.75, 3.05) is 6.54 Å². The van der Waals surface area contributed by atoms with Crippen LogP contribution in [-0.2, 0) is 11.2 Å². The molecule has 0 bridgehead atoms. The Kier molecular flexibility index (Phi) is 4.28. The normalized spacial score (nSPS) is 10.7. The van der Waals surface area contributed by atoms with Gasteiger partial charge < -0.3 is 5.32 Å². The molecule has 0 saturated heterocycles. The second-order valence-electron chi connectivity index (χ2n) is 4.25. The number of hydrogen-bond acceptors (Lipinski definition) is 3. The molecule has 0 saturated carbocycles. The molecule has 0 aliphatic rings. The first kappa shape index (κ1) is 12.5. The van der Waals surface area contributed by atoms with Crippen LogP contribution in [0.1, 0.15) is 32.0 Å². The first-order valence-corrected chi connectivity index (χ1v) is 6.36. The van der Waals surface area contributed by atoms with E-state index in [2.05, 4.69) is 15.5 Å². The lowest BCUT2D eigenvalue weighted by Crippen LogP contribution is -2.24. The van der Waals surface area contributed by atoms with Gasteiger partial charge in [-0.2, -0.15) is 0 Å². The Hall–Kier alpha value is -1.91. The summed E-state index contributed by atoms with van der Waals surface area (Å²) in [5.74, 6) is 1.07. The van der Waals surface area contributed by atoms with Crippen molar-refractivity contribution in [1.29, 1.82) is 0 Å². The predicted molar refractivity (Wildman–Crippen MR) is 69.2 cm³/mol. The zero-order valence-electron chi connectivity index (χ0n) is 10.6. The van der Waals surface area contributed by atoms with E-state index < -0.39 is 0 Å². The zero-order chi connectivity index (χ0) is 12.8. The number of fused-ring (bicyclic) bond motifs is 1. The smallest absolute Gasteiger partial charge is 0.219 e. The molecule has 0 radical (unpaired) electrons. The molecule has 5 nitrogen and oxygen atoms in total. The summed E-state index contributed by atoms with van der Waals surface area (Å²) in [4.78, 5) is 11.3. The van der Waals surface area contributed by atoms with Gasteiger partial charge in [0, 0.05) is 25.6 Å². The maximum absolute atomic E-state index is 11.3. The molecule has 96 valence electrons. The average Bonchev–Trinajstić information content (AvgIpc) is 2.78. The quantitative estimate of drug-likeness (QED) is 0.787. The minimum absolute atomic E-state index is 0.128. The van der Waals surface area contributed by atoms with Crippen molar-refractivity contribution < 1.29 is 4.79 Å². The highest BCUT2D eigenvalue weighted by Gasteiger charge is 2.04. The van der Waals surface area contributed by atoms with E-state index in [1.807, 2.05) is 35.7 Å². The molecular weight excluding hydrogens is 228 g/mol. The lowest BCUT2D eigenvalue weighted by molar-refractivity contribution is -0.121. The van der Waals surface area contributed by atoms with Gasteiger partial charge in [-0.25, -0.2) is 0 Å². The SMILES string of the molecule is CCCC(=O)NCCCc1nnc2ccccn12. The van der Waals surface area contributed by atoms with Gasteiger partial charge in [0.15, 0.2) is 5.65 Å². The van der Waals surface area contributed by atoms with Gasteiger partial charge in [-0.15, -0.1) is 10.2 Å². The lowest BCUT2D eigenvalue weighted by atomic mass is 10.2. The van der Waals surface area contributed by atoms with Crippen LogP contribution in [0.3, 0.4) is 0 Å². The van der Waals surface area contributed by atoms with E-state index in [0.29, 0.717) is 13.0 Å². The van der Waals surface area contributed by atoms with E-state index in [0.717, 1.165) is 30.7 Å². The molecule has 18 heavy (non-hydrogen) atoms. The third-order valence-electron chi connectivity index (χ3n) is 2.76. The fourth-order valence-electron chi connectivity index (χ4n) is 1.85. The van der Waals surface area contributed by atoms with Gasteiger partial charge in [0.05, 0.1) is 0 Å². The Morgan fingerprint density at radius 3 is 3.11 bits per heavy atom. The van der Waals surface area contributed by atoms with Crippen LogP contribution in [0.15, 0.2) is 24.4 Å². The maximum atomic E-state index is 11.3. The Morgan fingerprint density at radius 1 is 1.39 bits per heavy atom. The summed E-state index contributed by atoms with van der Waals surface area (Å²) in [6, 6.07) is 5.83. The summed E-state index contributed by atoms with van der Waals surface area (Å²) in [5.41, 5.74) is 0.863. The number of rotatable bonds is 6. The molecule has 0 spiro atoms. The highest BCUT2D eigenvalue weighted by molar-refractivity contribution is 5.75. The number of nitrogens with one attached hydrogen (secondary N) is 1. The van der Waals surface area contributed by atoms with Crippen molar-refractivity contribution in [2.45, 2.75) is 32.6 Å². The average molecular weight is 246 g/mol. The first-order chi connectivity index (χ1) is 8.81. The van der Waals surface area contributed by atoms with Crippen LogP contribution in [0, 0.1) is 0 Å². The van der Waals surface area contributed by atoms with Crippen LogP contribution in [0.5, 0.6) is 0 Å². The van der Waals surface area contributed by atoms with Crippen LogP contribution >= 0.6 is 0 Å². The van der Waals surface area contributed by atoms with Gasteiger partial charge in [-0.3, -0.25) is 9.20 Å². The molecule has 5 heteroatoms. The first-order valence-electron chi connectivity index (χ1n) is 6.36. The predicted octanol–water partition coefficient (Wildman–Crippen LogP) is 1.58. The third kappa shape index (κ3) is 3.06. The minimum Gasteiger partial charge on any atom is -0.356 e. The van der Waals surface area contributed by atoms with Crippen molar-refractivity contribution in [1.82, 2.24) is 19.9 Å². The van der Waals surface area contributed by atoms with Gasteiger partial charge in [0.2, 0.25) is 5.91 Å².